The molecule has 0 spiro atoms. The Hall–Kier alpha value is -2.25. The second kappa shape index (κ2) is 6.02. The summed E-state index contributed by atoms with van der Waals surface area (Å²) in [6.45, 7) is 1.83. The molecule has 1 amide bonds. The molecule has 0 unspecified atom stereocenters. The molecule has 1 N–H and O–H groups in total. The van der Waals surface area contributed by atoms with Gasteiger partial charge in [-0.2, -0.15) is 0 Å². The predicted octanol–water partition coefficient (Wildman–Crippen LogP) is 2.73. The largest absolute Gasteiger partial charge is 0.376 e. The summed E-state index contributed by atoms with van der Waals surface area (Å²) >= 11 is 1.78. The SMILES string of the molecule is C#Cc1cccc(NCC(=O)N2CCc3sccc3C2)c1. The van der Waals surface area contributed by atoms with E-state index in [4.69, 9.17) is 6.42 Å². The van der Waals surface area contributed by atoms with Crippen LogP contribution in [-0.4, -0.2) is 23.9 Å². The molecule has 0 saturated carbocycles. The van der Waals surface area contributed by atoms with Gasteiger partial charge >= 0.3 is 0 Å². The number of nitrogens with zero attached hydrogens (tertiary/aromatic N) is 1. The van der Waals surface area contributed by atoms with E-state index in [1.165, 1.54) is 10.4 Å². The maximum atomic E-state index is 12.3. The van der Waals surface area contributed by atoms with Gasteiger partial charge in [-0.25, -0.2) is 0 Å². The molecular weight excluding hydrogens is 280 g/mol. The van der Waals surface area contributed by atoms with Crippen molar-refractivity contribution in [1.82, 2.24) is 4.90 Å². The Morgan fingerprint density at radius 3 is 3.19 bits per heavy atom. The van der Waals surface area contributed by atoms with Gasteiger partial charge in [-0.15, -0.1) is 17.8 Å². The minimum atomic E-state index is 0.123. The van der Waals surface area contributed by atoms with E-state index in [1.807, 2.05) is 29.2 Å². The fraction of sp³-hybridized carbons (Fsp3) is 0.235. The maximum absolute atomic E-state index is 12.3. The van der Waals surface area contributed by atoms with Crippen LogP contribution in [-0.2, 0) is 17.8 Å². The molecular formula is C17H16N2OS. The van der Waals surface area contributed by atoms with Gasteiger partial charge in [-0.1, -0.05) is 12.0 Å². The van der Waals surface area contributed by atoms with E-state index >= 15 is 0 Å². The van der Waals surface area contributed by atoms with Crippen molar-refractivity contribution in [2.75, 3.05) is 18.4 Å². The van der Waals surface area contributed by atoms with Crippen LogP contribution in [0, 0.1) is 12.3 Å². The third-order valence-corrected chi connectivity index (χ3v) is 4.66. The Labute approximate surface area is 128 Å². The summed E-state index contributed by atoms with van der Waals surface area (Å²) in [6.07, 6.45) is 6.34. The van der Waals surface area contributed by atoms with Gasteiger partial charge in [0.25, 0.3) is 0 Å². The van der Waals surface area contributed by atoms with Crippen LogP contribution in [0.5, 0.6) is 0 Å². The summed E-state index contributed by atoms with van der Waals surface area (Å²) in [7, 11) is 0. The Morgan fingerprint density at radius 1 is 1.43 bits per heavy atom. The summed E-state index contributed by atoms with van der Waals surface area (Å²) in [4.78, 5) is 15.6. The first-order valence-corrected chi connectivity index (χ1v) is 7.78. The van der Waals surface area contributed by atoms with Crippen molar-refractivity contribution in [3.63, 3.8) is 0 Å². The van der Waals surface area contributed by atoms with Gasteiger partial charge in [0, 0.05) is 29.2 Å². The molecule has 3 nitrogen and oxygen atoms in total. The van der Waals surface area contributed by atoms with Crippen LogP contribution >= 0.6 is 11.3 Å². The van der Waals surface area contributed by atoms with Crippen LogP contribution in [0.2, 0.25) is 0 Å². The zero-order valence-corrected chi connectivity index (χ0v) is 12.5. The minimum Gasteiger partial charge on any atom is -0.376 e. The normalized spacial score (nSPS) is 13.4. The molecule has 106 valence electrons. The highest BCUT2D eigenvalue weighted by molar-refractivity contribution is 7.10. The van der Waals surface area contributed by atoms with Crippen LogP contribution in [0.3, 0.4) is 0 Å². The lowest BCUT2D eigenvalue weighted by atomic mass is 10.1. The molecule has 1 aliphatic rings. The molecule has 1 aliphatic heterocycles. The molecule has 0 atom stereocenters. The highest BCUT2D eigenvalue weighted by Gasteiger charge is 2.20. The first-order valence-electron chi connectivity index (χ1n) is 6.90. The van der Waals surface area contributed by atoms with Crippen LogP contribution in [0.25, 0.3) is 0 Å². The van der Waals surface area contributed by atoms with E-state index in [9.17, 15) is 4.79 Å². The Bertz CT molecular complexity index is 699. The number of amides is 1. The standard InChI is InChI=1S/C17H16N2OS/c1-2-13-4-3-5-15(10-13)18-11-17(20)19-8-6-16-14(12-19)7-9-21-16/h1,3-5,7,9-10,18H,6,8,11-12H2. The van der Waals surface area contributed by atoms with E-state index < -0.39 is 0 Å². The third kappa shape index (κ3) is 3.09. The molecule has 0 fully saturated rings. The van der Waals surface area contributed by atoms with Crippen molar-refractivity contribution >= 4 is 22.9 Å². The quantitative estimate of drug-likeness (QED) is 0.883. The molecule has 0 bridgehead atoms. The van der Waals surface area contributed by atoms with Crippen molar-refractivity contribution in [1.29, 1.82) is 0 Å². The number of benzene rings is 1. The number of carbonyl (C=O) groups excluding carboxylic acids is 1. The molecule has 2 aromatic rings. The first-order chi connectivity index (χ1) is 10.3. The van der Waals surface area contributed by atoms with E-state index in [2.05, 4.69) is 22.7 Å². The lowest BCUT2D eigenvalue weighted by molar-refractivity contribution is -0.130. The van der Waals surface area contributed by atoms with Crippen molar-refractivity contribution in [3.8, 4) is 12.3 Å². The lowest BCUT2D eigenvalue weighted by Gasteiger charge is -2.27. The van der Waals surface area contributed by atoms with Gasteiger partial charge in [0.1, 0.15) is 0 Å². The average molecular weight is 296 g/mol. The van der Waals surface area contributed by atoms with E-state index in [-0.39, 0.29) is 5.91 Å². The number of rotatable bonds is 3. The minimum absolute atomic E-state index is 0.123. The lowest BCUT2D eigenvalue weighted by Crippen LogP contribution is -2.38. The molecule has 0 saturated heterocycles. The Morgan fingerprint density at radius 2 is 2.33 bits per heavy atom. The smallest absolute Gasteiger partial charge is 0.242 e. The van der Waals surface area contributed by atoms with Crippen molar-refractivity contribution in [2.45, 2.75) is 13.0 Å². The monoisotopic (exact) mass is 296 g/mol. The van der Waals surface area contributed by atoms with E-state index in [0.29, 0.717) is 6.54 Å². The molecule has 1 aromatic heterocycles. The third-order valence-electron chi connectivity index (χ3n) is 3.63. The fourth-order valence-electron chi connectivity index (χ4n) is 2.47. The van der Waals surface area contributed by atoms with Crippen molar-refractivity contribution < 1.29 is 4.79 Å². The van der Waals surface area contributed by atoms with Gasteiger partial charge in [0.2, 0.25) is 5.91 Å². The number of carbonyl (C=O) groups is 1. The predicted molar refractivity (Wildman–Crippen MR) is 86.3 cm³/mol. The Kier molecular flexibility index (Phi) is 3.94. The molecule has 1 aromatic carbocycles. The molecule has 3 rings (SSSR count). The van der Waals surface area contributed by atoms with E-state index in [0.717, 1.165) is 30.8 Å². The molecule has 0 aliphatic carbocycles. The van der Waals surface area contributed by atoms with Gasteiger partial charge in [0.05, 0.1) is 6.54 Å². The van der Waals surface area contributed by atoms with Gasteiger partial charge < -0.3 is 10.2 Å². The van der Waals surface area contributed by atoms with Crippen LogP contribution in [0.15, 0.2) is 35.7 Å². The number of hydrogen-bond acceptors (Lipinski definition) is 3. The van der Waals surface area contributed by atoms with Gasteiger partial charge in [0.15, 0.2) is 0 Å². The summed E-state index contributed by atoms with van der Waals surface area (Å²) in [5.74, 6) is 2.72. The number of anilines is 1. The fourth-order valence-corrected chi connectivity index (χ4v) is 3.36. The average Bonchev–Trinajstić information content (AvgIpc) is 3.00. The first kappa shape index (κ1) is 13.7. The summed E-state index contributed by atoms with van der Waals surface area (Å²) in [5, 5.41) is 5.25. The zero-order valence-electron chi connectivity index (χ0n) is 11.6. The maximum Gasteiger partial charge on any atom is 0.242 e. The summed E-state index contributed by atoms with van der Waals surface area (Å²) in [5.41, 5.74) is 2.98. The molecule has 21 heavy (non-hydrogen) atoms. The zero-order chi connectivity index (χ0) is 14.7. The summed E-state index contributed by atoms with van der Waals surface area (Å²) < 4.78 is 0. The second-order valence-electron chi connectivity index (χ2n) is 5.01. The number of thiophene rings is 1. The van der Waals surface area contributed by atoms with Crippen LogP contribution < -0.4 is 5.32 Å². The summed E-state index contributed by atoms with van der Waals surface area (Å²) in [6, 6.07) is 9.67. The number of terminal acetylenes is 1. The Balaban J connectivity index is 1.59. The van der Waals surface area contributed by atoms with Crippen LogP contribution in [0.1, 0.15) is 16.0 Å². The van der Waals surface area contributed by atoms with E-state index in [1.54, 1.807) is 11.3 Å². The molecule has 4 heteroatoms. The molecule has 2 heterocycles. The number of nitrogens with one attached hydrogen (secondary N) is 1. The highest BCUT2D eigenvalue weighted by atomic mass is 32.1. The number of fused-ring (bicyclic) bond motifs is 1. The van der Waals surface area contributed by atoms with Gasteiger partial charge in [-0.05, 0) is 41.6 Å². The van der Waals surface area contributed by atoms with Gasteiger partial charge in [-0.3, -0.25) is 4.79 Å². The second-order valence-corrected chi connectivity index (χ2v) is 6.01. The highest BCUT2D eigenvalue weighted by Crippen LogP contribution is 2.24. The topological polar surface area (TPSA) is 32.3 Å². The van der Waals surface area contributed by atoms with Crippen molar-refractivity contribution in [2.24, 2.45) is 0 Å². The number of hydrogen-bond donors (Lipinski definition) is 1. The van der Waals surface area contributed by atoms with Crippen LogP contribution in [0.4, 0.5) is 5.69 Å². The molecule has 0 radical (unpaired) electrons. The van der Waals surface area contributed by atoms with Crippen molar-refractivity contribution in [3.05, 3.63) is 51.7 Å².